The molecular formula is C14H21FN2O5S. The highest BCUT2D eigenvalue weighted by Crippen LogP contribution is 2.28. The molecule has 1 aromatic rings. The fourth-order valence-electron chi connectivity index (χ4n) is 2.86. The molecule has 130 valence electrons. The van der Waals surface area contributed by atoms with Crippen LogP contribution < -0.4 is 4.72 Å². The summed E-state index contributed by atoms with van der Waals surface area (Å²) >= 11 is 0. The van der Waals surface area contributed by atoms with Gasteiger partial charge >= 0.3 is 5.97 Å². The molecule has 0 aliphatic heterocycles. The predicted molar refractivity (Wildman–Crippen MR) is 79.9 cm³/mol. The van der Waals surface area contributed by atoms with Gasteiger partial charge in [0.2, 0.25) is 10.0 Å². The second-order valence-electron chi connectivity index (χ2n) is 5.59. The maximum absolute atomic E-state index is 14.4. The second kappa shape index (κ2) is 6.98. The molecule has 1 saturated carbocycles. The van der Waals surface area contributed by atoms with Crippen molar-refractivity contribution in [1.29, 1.82) is 0 Å². The van der Waals surface area contributed by atoms with Gasteiger partial charge in [0.25, 0.3) is 0 Å². The predicted octanol–water partition coefficient (Wildman–Crippen LogP) is 0.780. The monoisotopic (exact) mass is 348 g/mol. The van der Waals surface area contributed by atoms with Crippen LogP contribution in [-0.4, -0.2) is 43.3 Å². The van der Waals surface area contributed by atoms with E-state index in [4.69, 9.17) is 4.74 Å². The van der Waals surface area contributed by atoms with Crippen molar-refractivity contribution in [2.24, 2.45) is 13.0 Å². The number of ether oxygens (including phenoxy) is 1. The minimum Gasteiger partial charge on any atom is -0.461 e. The summed E-state index contributed by atoms with van der Waals surface area (Å²) in [4.78, 5) is 11.1. The molecule has 0 unspecified atom stereocenters. The van der Waals surface area contributed by atoms with Gasteiger partial charge < -0.3 is 14.4 Å². The Balaban J connectivity index is 2.30. The van der Waals surface area contributed by atoms with Crippen molar-refractivity contribution in [2.45, 2.75) is 37.1 Å². The molecule has 7 nitrogen and oxygen atoms in total. The number of esters is 1. The first kappa shape index (κ1) is 17.9. The molecule has 0 spiro atoms. The van der Waals surface area contributed by atoms with E-state index in [1.54, 1.807) is 6.92 Å². The highest BCUT2D eigenvalue weighted by atomic mass is 32.2. The van der Waals surface area contributed by atoms with Gasteiger partial charge in [0.15, 0.2) is 11.5 Å². The van der Waals surface area contributed by atoms with Crippen LogP contribution in [-0.2, 0) is 21.8 Å². The van der Waals surface area contributed by atoms with Crippen molar-refractivity contribution in [3.8, 4) is 0 Å². The van der Waals surface area contributed by atoms with Gasteiger partial charge in [0.1, 0.15) is 4.90 Å². The van der Waals surface area contributed by atoms with Crippen LogP contribution in [0.15, 0.2) is 11.1 Å². The number of carbonyl (C=O) groups is 1. The molecule has 1 aliphatic rings. The number of hydrogen-bond acceptors (Lipinski definition) is 5. The highest BCUT2D eigenvalue weighted by Gasteiger charge is 2.34. The number of aryl methyl sites for hydroxylation is 1. The van der Waals surface area contributed by atoms with Gasteiger partial charge in [-0.1, -0.05) is 6.42 Å². The molecular weight excluding hydrogens is 327 g/mol. The Labute approximate surface area is 134 Å². The third kappa shape index (κ3) is 3.56. The Morgan fingerprint density at radius 2 is 2.22 bits per heavy atom. The number of nitrogens with zero attached hydrogens (tertiary/aromatic N) is 1. The smallest absolute Gasteiger partial charge is 0.358 e. The number of aliphatic hydroxyl groups is 1. The first-order valence-corrected chi connectivity index (χ1v) is 8.95. The maximum Gasteiger partial charge on any atom is 0.358 e. The molecule has 0 bridgehead atoms. The SMILES string of the molecule is CCOC(=O)c1c(F)c(S(=O)(=O)N[C@@H]2CCC[C@H]2CO)cn1C. The molecule has 2 atom stereocenters. The van der Waals surface area contributed by atoms with Gasteiger partial charge in [-0.15, -0.1) is 0 Å². The van der Waals surface area contributed by atoms with Crippen LogP contribution in [0.4, 0.5) is 4.39 Å². The van der Waals surface area contributed by atoms with Gasteiger partial charge in [-0.3, -0.25) is 0 Å². The third-order valence-corrected chi connectivity index (χ3v) is 5.52. The van der Waals surface area contributed by atoms with Gasteiger partial charge in [0.05, 0.1) is 6.61 Å². The fourth-order valence-corrected chi connectivity index (χ4v) is 4.33. The normalized spacial score (nSPS) is 21.6. The van der Waals surface area contributed by atoms with Crippen molar-refractivity contribution in [3.63, 3.8) is 0 Å². The third-order valence-electron chi connectivity index (χ3n) is 4.05. The standard InChI is InChI=1S/C14H21FN2O5S/c1-3-22-14(19)13-12(15)11(7-17(13)2)23(20,21)16-10-6-4-5-9(10)8-18/h7,9-10,16,18H,3-6,8H2,1-2H3/t9-,10+/m0/s1. The molecule has 2 rings (SSSR count). The molecule has 2 N–H and O–H groups in total. The molecule has 23 heavy (non-hydrogen) atoms. The molecule has 0 radical (unpaired) electrons. The zero-order valence-corrected chi connectivity index (χ0v) is 13.9. The van der Waals surface area contributed by atoms with E-state index in [1.807, 2.05) is 0 Å². The number of carbonyl (C=O) groups excluding carboxylic acids is 1. The Morgan fingerprint density at radius 1 is 1.52 bits per heavy atom. The van der Waals surface area contributed by atoms with Crippen LogP contribution in [0.5, 0.6) is 0 Å². The highest BCUT2D eigenvalue weighted by molar-refractivity contribution is 7.89. The topological polar surface area (TPSA) is 97.6 Å². The largest absolute Gasteiger partial charge is 0.461 e. The Morgan fingerprint density at radius 3 is 2.83 bits per heavy atom. The lowest BCUT2D eigenvalue weighted by atomic mass is 10.1. The molecule has 1 aromatic heterocycles. The molecule has 0 saturated heterocycles. The second-order valence-corrected chi connectivity index (χ2v) is 7.27. The molecule has 9 heteroatoms. The van der Waals surface area contributed by atoms with Crippen LogP contribution >= 0.6 is 0 Å². The number of sulfonamides is 1. The summed E-state index contributed by atoms with van der Waals surface area (Å²) in [5, 5.41) is 9.26. The van der Waals surface area contributed by atoms with Crippen molar-refractivity contribution < 1.29 is 27.4 Å². The summed E-state index contributed by atoms with van der Waals surface area (Å²) in [6.45, 7) is 1.51. The van der Waals surface area contributed by atoms with Crippen LogP contribution in [0.25, 0.3) is 0 Å². The number of aliphatic hydroxyl groups excluding tert-OH is 1. The molecule has 0 amide bonds. The minimum atomic E-state index is -4.13. The van der Waals surface area contributed by atoms with Crippen LogP contribution in [0.1, 0.15) is 36.7 Å². The Kier molecular flexibility index (Phi) is 5.43. The van der Waals surface area contributed by atoms with Crippen LogP contribution in [0.3, 0.4) is 0 Å². The van der Waals surface area contributed by atoms with Crippen molar-refractivity contribution in [2.75, 3.05) is 13.2 Å². The summed E-state index contributed by atoms with van der Waals surface area (Å²) in [7, 11) is -2.76. The van der Waals surface area contributed by atoms with E-state index >= 15 is 0 Å². The first-order chi connectivity index (χ1) is 10.8. The molecule has 1 aliphatic carbocycles. The van der Waals surface area contributed by atoms with E-state index in [1.165, 1.54) is 7.05 Å². The first-order valence-electron chi connectivity index (χ1n) is 7.47. The van der Waals surface area contributed by atoms with Crippen LogP contribution in [0.2, 0.25) is 0 Å². The van der Waals surface area contributed by atoms with E-state index in [0.29, 0.717) is 6.42 Å². The van der Waals surface area contributed by atoms with Crippen molar-refractivity contribution >= 4 is 16.0 Å². The lowest BCUT2D eigenvalue weighted by Crippen LogP contribution is -2.38. The van der Waals surface area contributed by atoms with Crippen molar-refractivity contribution in [3.05, 3.63) is 17.7 Å². The molecule has 1 heterocycles. The Hall–Kier alpha value is -1.45. The van der Waals surface area contributed by atoms with Gasteiger partial charge in [0, 0.05) is 25.9 Å². The average molecular weight is 348 g/mol. The molecule has 0 aromatic carbocycles. The van der Waals surface area contributed by atoms with E-state index in [-0.39, 0.29) is 19.1 Å². The minimum absolute atomic E-state index is 0.0596. The summed E-state index contributed by atoms with van der Waals surface area (Å²) in [6.07, 6.45) is 3.15. The quantitative estimate of drug-likeness (QED) is 0.741. The van der Waals surface area contributed by atoms with Gasteiger partial charge in [-0.2, -0.15) is 0 Å². The summed E-state index contributed by atoms with van der Waals surface area (Å²) < 4.78 is 47.5. The Bertz CT molecular complexity index is 686. The number of halogens is 1. The molecule has 1 fully saturated rings. The van der Waals surface area contributed by atoms with Crippen LogP contribution in [0, 0.1) is 11.7 Å². The number of aromatic nitrogens is 1. The van der Waals surface area contributed by atoms with Gasteiger partial charge in [-0.25, -0.2) is 22.3 Å². The van der Waals surface area contributed by atoms with E-state index < -0.39 is 38.4 Å². The summed E-state index contributed by atoms with van der Waals surface area (Å²) in [5.41, 5.74) is -0.433. The number of hydrogen-bond donors (Lipinski definition) is 2. The zero-order chi connectivity index (χ0) is 17.2. The average Bonchev–Trinajstić information content (AvgIpc) is 3.03. The number of rotatable bonds is 6. The van der Waals surface area contributed by atoms with E-state index in [9.17, 15) is 22.7 Å². The lowest BCUT2D eigenvalue weighted by Gasteiger charge is -2.18. The van der Waals surface area contributed by atoms with E-state index in [2.05, 4.69) is 4.72 Å². The van der Waals surface area contributed by atoms with Crippen molar-refractivity contribution in [1.82, 2.24) is 9.29 Å². The van der Waals surface area contributed by atoms with E-state index in [0.717, 1.165) is 23.6 Å². The number of nitrogens with one attached hydrogen (secondary N) is 1. The fraction of sp³-hybridized carbons (Fsp3) is 0.643. The maximum atomic E-state index is 14.4. The zero-order valence-electron chi connectivity index (χ0n) is 13.1. The lowest BCUT2D eigenvalue weighted by molar-refractivity contribution is 0.0509. The summed E-state index contributed by atoms with van der Waals surface area (Å²) in [6, 6.07) is -0.435. The van der Waals surface area contributed by atoms with Gasteiger partial charge in [-0.05, 0) is 25.7 Å². The summed E-state index contributed by atoms with van der Waals surface area (Å²) in [5.74, 6) is -2.22.